The molecule has 4 bridgehead atoms. The average Bonchev–Trinajstić information content (AvgIpc) is 2.85. The molecule has 4 rings (SSSR count). The highest BCUT2D eigenvalue weighted by Gasteiger charge is 2.67. The van der Waals surface area contributed by atoms with Gasteiger partial charge >= 0.3 is 0 Å². The van der Waals surface area contributed by atoms with Crippen molar-refractivity contribution in [2.24, 2.45) is 46.6 Å². The van der Waals surface area contributed by atoms with Crippen LogP contribution in [0.3, 0.4) is 0 Å². The van der Waals surface area contributed by atoms with Gasteiger partial charge in [0.2, 0.25) is 0 Å². The monoisotopic (exact) mass is 379 g/mol. The largest absolute Gasteiger partial charge is 0.387 e. The Labute approximate surface area is 147 Å². The molecule has 1 heterocycles. The molecule has 1 aliphatic heterocycles. The predicted octanol–water partition coefficient (Wildman–Crippen LogP) is 4.56. The summed E-state index contributed by atoms with van der Waals surface area (Å²) in [7, 11) is 0. The summed E-state index contributed by atoms with van der Waals surface area (Å²) in [4.78, 5) is 19.2. The molecular formula is C19H26BrNO2. The fourth-order valence-electron chi connectivity index (χ4n) is 5.97. The van der Waals surface area contributed by atoms with Crippen molar-refractivity contribution < 1.29 is 9.63 Å². The van der Waals surface area contributed by atoms with Crippen LogP contribution in [-0.4, -0.2) is 16.0 Å². The van der Waals surface area contributed by atoms with Gasteiger partial charge in [-0.05, 0) is 58.9 Å². The van der Waals surface area contributed by atoms with Crippen LogP contribution in [0.4, 0.5) is 0 Å². The first-order chi connectivity index (χ1) is 11.0. The van der Waals surface area contributed by atoms with Gasteiger partial charge < -0.3 is 4.84 Å². The number of nitrogens with zero attached hydrogens (tertiary/aromatic N) is 1. The van der Waals surface area contributed by atoms with Crippen molar-refractivity contribution in [2.45, 2.75) is 52.1 Å². The van der Waals surface area contributed by atoms with Crippen LogP contribution in [0.5, 0.6) is 0 Å². The lowest BCUT2D eigenvalue weighted by Gasteiger charge is -2.56. The first-order valence-electron chi connectivity index (χ1n) is 9.09. The zero-order valence-electron chi connectivity index (χ0n) is 14.2. The number of oxime groups is 1. The molecule has 0 N–H and O–H groups in total. The van der Waals surface area contributed by atoms with Crippen LogP contribution in [0.25, 0.3) is 0 Å². The number of carbonyl (C=O) groups is 1. The van der Waals surface area contributed by atoms with Crippen molar-refractivity contribution in [1.29, 1.82) is 0 Å². The topological polar surface area (TPSA) is 38.7 Å². The molecule has 23 heavy (non-hydrogen) atoms. The van der Waals surface area contributed by atoms with E-state index in [2.05, 4.69) is 54.0 Å². The second-order valence-electron chi connectivity index (χ2n) is 8.31. The Bertz CT molecular complexity index is 584. The van der Waals surface area contributed by atoms with Gasteiger partial charge in [-0.3, -0.25) is 4.79 Å². The number of halogens is 1. The molecule has 0 amide bonds. The summed E-state index contributed by atoms with van der Waals surface area (Å²) in [6.45, 7) is 6.87. The normalized spacial score (nSPS) is 49.8. The molecule has 0 aromatic carbocycles. The van der Waals surface area contributed by atoms with Crippen LogP contribution < -0.4 is 0 Å². The van der Waals surface area contributed by atoms with Crippen LogP contribution in [0, 0.1) is 41.4 Å². The lowest BCUT2D eigenvalue weighted by atomic mass is 9.48. The zero-order chi connectivity index (χ0) is 16.4. The van der Waals surface area contributed by atoms with E-state index in [4.69, 9.17) is 4.84 Å². The minimum atomic E-state index is -0.398. The summed E-state index contributed by atoms with van der Waals surface area (Å²) in [6, 6.07) is 0. The smallest absolute Gasteiger partial charge is 0.160 e. The SMILES string of the molecule is CC(C)[C@H]1/C=C\[C@@H](C)[C@@H]2CC[C@H]3C(Br)=NO[C@@]34[C@@H]2C(=O)CC[C@@H]14. The van der Waals surface area contributed by atoms with Crippen molar-refractivity contribution in [3.8, 4) is 0 Å². The highest BCUT2D eigenvalue weighted by atomic mass is 79.9. The third-order valence-corrected chi connectivity index (χ3v) is 7.70. The Morgan fingerprint density at radius 1 is 1.30 bits per heavy atom. The van der Waals surface area contributed by atoms with E-state index in [-0.39, 0.29) is 11.8 Å². The molecule has 0 radical (unpaired) electrons. The van der Waals surface area contributed by atoms with E-state index in [9.17, 15) is 4.79 Å². The summed E-state index contributed by atoms with van der Waals surface area (Å²) in [5, 5.41) is 4.36. The van der Waals surface area contributed by atoms with E-state index in [1.807, 2.05) is 0 Å². The number of ketones is 1. The molecule has 4 aliphatic rings. The number of allylic oxidation sites excluding steroid dienone is 2. The van der Waals surface area contributed by atoms with Gasteiger partial charge in [-0.25, -0.2) is 0 Å². The van der Waals surface area contributed by atoms with Crippen molar-refractivity contribution in [3.63, 3.8) is 0 Å². The number of hydrogen-bond donors (Lipinski definition) is 0. The predicted molar refractivity (Wildman–Crippen MR) is 94.2 cm³/mol. The van der Waals surface area contributed by atoms with Crippen LogP contribution in [0.2, 0.25) is 0 Å². The molecule has 1 spiro atoms. The molecule has 2 saturated carbocycles. The molecule has 3 nitrogen and oxygen atoms in total. The van der Waals surface area contributed by atoms with E-state index in [1.54, 1.807) is 0 Å². The van der Waals surface area contributed by atoms with E-state index in [0.717, 1.165) is 23.9 Å². The van der Waals surface area contributed by atoms with Gasteiger partial charge in [0.05, 0.1) is 11.8 Å². The van der Waals surface area contributed by atoms with Gasteiger partial charge in [0.1, 0.15) is 10.4 Å². The summed E-state index contributed by atoms with van der Waals surface area (Å²) in [6.07, 6.45) is 8.64. The first kappa shape index (κ1) is 15.9. The Balaban J connectivity index is 1.90. The van der Waals surface area contributed by atoms with E-state index < -0.39 is 5.60 Å². The Morgan fingerprint density at radius 2 is 2.09 bits per heavy atom. The molecule has 0 unspecified atom stereocenters. The van der Waals surface area contributed by atoms with Crippen molar-refractivity contribution in [1.82, 2.24) is 0 Å². The maximum Gasteiger partial charge on any atom is 0.160 e. The van der Waals surface area contributed by atoms with Gasteiger partial charge in [0, 0.05) is 12.3 Å². The lowest BCUT2D eigenvalue weighted by Crippen LogP contribution is -2.64. The first-order valence-corrected chi connectivity index (χ1v) is 9.88. The number of hydrogen-bond acceptors (Lipinski definition) is 3. The van der Waals surface area contributed by atoms with Gasteiger partial charge in [0.25, 0.3) is 0 Å². The minimum Gasteiger partial charge on any atom is -0.387 e. The fraction of sp³-hybridized carbons (Fsp3) is 0.789. The second-order valence-corrected chi connectivity index (χ2v) is 9.12. The molecule has 2 fully saturated rings. The van der Waals surface area contributed by atoms with Crippen molar-refractivity contribution >= 4 is 26.3 Å². The highest BCUT2D eigenvalue weighted by molar-refractivity contribution is 9.18. The fourth-order valence-corrected chi connectivity index (χ4v) is 6.63. The Morgan fingerprint density at radius 3 is 2.83 bits per heavy atom. The zero-order valence-corrected chi connectivity index (χ0v) is 15.8. The van der Waals surface area contributed by atoms with Crippen LogP contribution >= 0.6 is 15.9 Å². The van der Waals surface area contributed by atoms with E-state index in [1.165, 1.54) is 0 Å². The molecule has 0 aromatic heterocycles. The van der Waals surface area contributed by atoms with Gasteiger partial charge in [-0.15, -0.1) is 0 Å². The standard InChI is InChI=1S/C19H26BrNO2/c1-10(2)12-5-4-11(3)13-6-7-15-18(20)21-23-19(15)14(12)8-9-16(22)17(13)19/h4-5,10-15,17H,6-9H2,1-3H3/b5-4-/t11-,12-,13+,14+,15+,17+,19-/m1/s1. The van der Waals surface area contributed by atoms with E-state index >= 15 is 0 Å². The van der Waals surface area contributed by atoms with Crippen molar-refractivity contribution in [3.05, 3.63) is 12.2 Å². The van der Waals surface area contributed by atoms with E-state index in [0.29, 0.717) is 41.8 Å². The summed E-state index contributed by atoms with van der Waals surface area (Å²) < 4.78 is 0.931. The maximum atomic E-state index is 13.0. The Kier molecular flexibility index (Phi) is 3.75. The third kappa shape index (κ3) is 2.06. The average molecular weight is 380 g/mol. The molecule has 7 atom stereocenters. The van der Waals surface area contributed by atoms with Crippen LogP contribution in [-0.2, 0) is 9.63 Å². The summed E-state index contributed by atoms with van der Waals surface area (Å²) in [5.41, 5.74) is -0.398. The van der Waals surface area contributed by atoms with Crippen LogP contribution in [0.15, 0.2) is 17.3 Å². The van der Waals surface area contributed by atoms with Crippen LogP contribution in [0.1, 0.15) is 46.5 Å². The number of rotatable bonds is 1. The third-order valence-electron chi connectivity index (χ3n) is 7.00. The van der Waals surface area contributed by atoms with Gasteiger partial charge in [-0.2, -0.15) is 0 Å². The molecule has 0 saturated heterocycles. The molecule has 4 heteroatoms. The maximum absolute atomic E-state index is 13.0. The van der Waals surface area contributed by atoms with Gasteiger partial charge in [-0.1, -0.05) is 38.1 Å². The molecule has 126 valence electrons. The highest BCUT2D eigenvalue weighted by Crippen LogP contribution is 2.61. The second kappa shape index (κ2) is 5.44. The molecular weight excluding hydrogens is 354 g/mol. The lowest BCUT2D eigenvalue weighted by molar-refractivity contribution is -0.197. The summed E-state index contributed by atoms with van der Waals surface area (Å²) in [5.74, 6) is 2.93. The van der Waals surface area contributed by atoms with Crippen molar-refractivity contribution in [2.75, 3.05) is 0 Å². The summed E-state index contributed by atoms with van der Waals surface area (Å²) >= 11 is 3.64. The van der Waals surface area contributed by atoms with Gasteiger partial charge in [0.15, 0.2) is 5.60 Å². The molecule has 0 aromatic rings. The quantitative estimate of drug-likeness (QED) is 0.626. The minimum absolute atomic E-state index is 0.0139. The number of Topliss-reactive ketones (excluding diaryl/α,β-unsaturated/α-hetero) is 1. The Hall–Kier alpha value is -0.640. The number of carbonyl (C=O) groups excluding carboxylic acids is 1. The molecule has 3 aliphatic carbocycles.